The van der Waals surface area contributed by atoms with Crippen LogP contribution in [0.4, 0.5) is 10.5 Å². The van der Waals surface area contributed by atoms with Crippen LogP contribution >= 0.6 is 46.0 Å². The monoisotopic (exact) mass is 604 g/mol. The van der Waals surface area contributed by atoms with E-state index in [0.29, 0.717) is 26.9 Å². The van der Waals surface area contributed by atoms with Gasteiger partial charge in [-0.05, 0) is 88.0 Å². The van der Waals surface area contributed by atoms with Gasteiger partial charge in [0.1, 0.15) is 5.75 Å². The van der Waals surface area contributed by atoms with E-state index in [1.807, 2.05) is 24.3 Å². The Morgan fingerprint density at radius 2 is 1.82 bits per heavy atom. The van der Waals surface area contributed by atoms with Crippen LogP contribution in [-0.4, -0.2) is 28.6 Å². The number of hydrogen-bond acceptors (Lipinski definition) is 5. The minimum atomic E-state index is -0.352. The maximum Gasteiger partial charge on any atom is 0.293 e. The van der Waals surface area contributed by atoms with Crippen molar-refractivity contribution >= 4 is 74.8 Å². The van der Waals surface area contributed by atoms with Crippen molar-refractivity contribution in [3.63, 3.8) is 0 Å². The fourth-order valence-electron chi connectivity index (χ4n) is 3.15. The molecule has 0 atom stereocenters. The number of halogens is 2. The van der Waals surface area contributed by atoms with Crippen molar-refractivity contribution in [3.05, 3.63) is 97.4 Å². The van der Waals surface area contributed by atoms with Gasteiger partial charge in [0.15, 0.2) is 6.61 Å². The smallest absolute Gasteiger partial charge is 0.293 e. The van der Waals surface area contributed by atoms with E-state index >= 15 is 0 Å². The van der Waals surface area contributed by atoms with Crippen LogP contribution in [0.2, 0.25) is 5.02 Å². The third-order valence-electron chi connectivity index (χ3n) is 4.80. The lowest BCUT2D eigenvalue weighted by Crippen LogP contribution is -2.27. The van der Waals surface area contributed by atoms with Gasteiger partial charge >= 0.3 is 0 Å². The van der Waals surface area contributed by atoms with Crippen LogP contribution in [0.5, 0.6) is 5.75 Å². The summed E-state index contributed by atoms with van der Waals surface area (Å²) in [4.78, 5) is 39.0. The summed E-state index contributed by atoms with van der Waals surface area (Å²) >= 11 is 9.16. The van der Waals surface area contributed by atoms with Gasteiger partial charge in [0, 0.05) is 3.57 Å². The molecule has 0 bridgehead atoms. The molecule has 1 aliphatic rings. The zero-order valence-electron chi connectivity index (χ0n) is 17.7. The lowest BCUT2D eigenvalue weighted by Gasteiger charge is -2.12. The minimum Gasteiger partial charge on any atom is -0.484 e. The van der Waals surface area contributed by atoms with E-state index in [9.17, 15) is 14.4 Å². The van der Waals surface area contributed by atoms with E-state index in [4.69, 9.17) is 16.3 Å². The van der Waals surface area contributed by atoms with Crippen molar-refractivity contribution in [1.82, 2.24) is 4.90 Å². The highest BCUT2D eigenvalue weighted by Crippen LogP contribution is 2.33. The van der Waals surface area contributed by atoms with E-state index in [1.54, 1.807) is 54.6 Å². The second-order valence-electron chi connectivity index (χ2n) is 7.28. The fourth-order valence-corrected chi connectivity index (χ4v) is 4.53. The summed E-state index contributed by atoms with van der Waals surface area (Å²) < 4.78 is 6.67. The average Bonchev–Trinajstić information content (AvgIpc) is 3.08. The first-order chi connectivity index (χ1) is 16.4. The number of nitrogens with one attached hydrogen (secondary N) is 1. The molecular formula is C25H18ClIN2O4S. The molecule has 0 saturated carbocycles. The number of benzene rings is 3. The molecule has 4 rings (SSSR count). The van der Waals surface area contributed by atoms with Gasteiger partial charge in [-0.1, -0.05) is 48.0 Å². The van der Waals surface area contributed by atoms with Crippen LogP contribution in [0.25, 0.3) is 6.08 Å². The number of thioether (sulfide) groups is 1. The number of amides is 3. The van der Waals surface area contributed by atoms with Crippen LogP contribution in [0.15, 0.2) is 77.7 Å². The molecule has 34 heavy (non-hydrogen) atoms. The molecule has 1 heterocycles. The zero-order chi connectivity index (χ0) is 24.1. The highest BCUT2D eigenvalue weighted by molar-refractivity contribution is 14.1. The molecule has 6 nitrogen and oxygen atoms in total. The van der Waals surface area contributed by atoms with Crippen molar-refractivity contribution < 1.29 is 19.1 Å². The topological polar surface area (TPSA) is 75.7 Å². The number of imide groups is 1. The normalized spacial score (nSPS) is 14.5. The summed E-state index contributed by atoms with van der Waals surface area (Å²) in [5, 5.41) is 2.82. The fraction of sp³-hybridized carbons (Fsp3) is 0.0800. The number of anilines is 1. The lowest BCUT2D eigenvalue weighted by molar-refractivity contribution is -0.123. The van der Waals surface area contributed by atoms with Gasteiger partial charge in [-0.3, -0.25) is 19.3 Å². The van der Waals surface area contributed by atoms with Crippen LogP contribution in [0.1, 0.15) is 11.1 Å². The van der Waals surface area contributed by atoms with Crippen LogP contribution in [0.3, 0.4) is 0 Å². The molecule has 1 N–H and O–H groups in total. The number of para-hydroxylation sites is 1. The van der Waals surface area contributed by atoms with Gasteiger partial charge in [-0.15, -0.1) is 0 Å². The van der Waals surface area contributed by atoms with Crippen LogP contribution in [-0.2, 0) is 16.1 Å². The van der Waals surface area contributed by atoms with Crippen molar-refractivity contribution in [3.8, 4) is 5.75 Å². The van der Waals surface area contributed by atoms with E-state index in [-0.39, 0.29) is 30.2 Å². The Labute approximate surface area is 219 Å². The largest absolute Gasteiger partial charge is 0.484 e. The van der Waals surface area contributed by atoms with Gasteiger partial charge in [0.25, 0.3) is 17.1 Å². The summed E-state index contributed by atoms with van der Waals surface area (Å²) in [5.74, 6) is -0.226. The highest BCUT2D eigenvalue weighted by Gasteiger charge is 2.34. The zero-order valence-corrected chi connectivity index (χ0v) is 21.4. The first-order valence-electron chi connectivity index (χ1n) is 10.2. The molecule has 9 heteroatoms. The number of ether oxygens (including phenoxy) is 1. The van der Waals surface area contributed by atoms with Gasteiger partial charge in [-0.25, -0.2) is 0 Å². The second kappa shape index (κ2) is 11.1. The Bertz CT molecular complexity index is 1280. The molecule has 3 aromatic carbocycles. The number of hydrogen-bond donors (Lipinski definition) is 1. The molecule has 1 aliphatic heterocycles. The SMILES string of the molecule is O=C(COc1cccc(/C=C2\SC(=O)N(Cc3ccc(I)cc3)C2=O)c1)Nc1ccccc1Cl. The molecule has 1 fully saturated rings. The number of nitrogens with zero attached hydrogens (tertiary/aromatic N) is 1. The molecule has 0 aliphatic carbocycles. The quantitative estimate of drug-likeness (QED) is 0.257. The van der Waals surface area contributed by atoms with Crippen molar-refractivity contribution in [2.45, 2.75) is 6.54 Å². The molecule has 0 unspecified atom stereocenters. The van der Waals surface area contributed by atoms with Crippen LogP contribution < -0.4 is 10.1 Å². The van der Waals surface area contributed by atoms with E-state index < -0.39 is 0 Å². The summed E-state index contributed by atoms with van der Waals surface area (Å²) in [7, 11) is 0. The van der Waals surface area contributed by atoms with Gasteiger partial charge in [-0.2, -0.15) is 0 Å². The van der Waals surface area contributed by atoms with E-state index in [1.165, 1.54) is 4.90 Å². The molecular weight excluding hydrogens is 587 g/mol. The molecule has 172 valence electrons. The van der Waals surface area contributed by atoms with Crippen molar-refractivity contribution in [2.24, 2.45) is 0 Å². The first-order valence-corrected chi connectivity index (χ1v) is 12.4. The Hall–Kier alpha value is -2.82. The molecule has 3 amide bonds. The molecule has 1 saturated heterocycles. The second-order valence-corrected chi connectivity index (χ2v) is 9.93. The van der Waals surface area contributed by atoms with Gasteiger partial charge in [0.2, 0.25) is 0 Å². The standard InChI is InChI=1S/C25H18ClIN2O4S/c26-20-6-1-2-7-21(20)28-23(30)15-33-19-5-3-4-17(12-19)13-22-24(31)29(25(32)34-22)14-16-8-10-18(27)11-9-16/h1-13H,14-15H2,(H,28,30)/b22-13-. The molecule has 3 aromatic rings. The molecule has 0 spiro atoms. The summed E-state index contributed by atoms with van der Waals surface area (Å²) in [5.41, 5.74) is 2.07. The first kappa shape index (κ1) is 24.3. The predicted octanol–water partition coefficient (Wildman–Crippen LogP) is 6.20. The summed E-state index contributed by atoms with van der Waals surface area (Å²) in [6, 6.07) is 21.6. The maximum atomic E-state index is 12.8. The maximum absolute atomic E-state index is 12.8. The molecule has 0 radical (unpaired) electrons. The third kappa shape index (κ3) is 6.19. The third-order valence-corrected chi connectivity index (χ3v) is 6.76. The number of carbonyl (C=O) groups is 3. The van der Waals surface area contributed by atoms with Gasteiger partial charge in [0.05, 0.1) is 22.2 Å². The van der Waals surface area contributed by atoms with E-state index in [2.05, 4.69) is 27.9 Å². The number of rotatable bonds is 7. The minimum absolute atomic E-state index is 0.207. The highest BCUT2D eigenvalue weighted by atomic mass is 127. The van der Waals surface area contributed by atoms with E-state index in [0.717, 1.165) is 20.9 Å². The number of carbonyl (C=O) groups excluding carboxylic acids is 3. The van der Waals surface area contributed by atoms with Crippen molar-refractivity contribution in [1.29, 1.82) is 0 Å². The van der Waals surface area contributed by atoms with Crippen molar-refractivity contribution in [2.75, 3.05) is 11.9 Å². The summed E-state index contributed by atoms with van der Waals surface area (Å²) in [6.45, 7) is 0.0177. The molecule has 0 aromatic heterocycles. The Morgan fingerprint density at radius 3 is 2.59 bits per heavy atom. The Morgan fingerprint density at radius 1 is 1.06 bits per heavy atom. The van der Waals surface area contributed by atoms with Crippen LogP contribution in [0, 0.1) is 3.57 Å². The average molecular weight is 605 g/mol. The summed E-state index contributed by atoms with van der Waals surface area (Å²) in [6.07, 6.45) is 1.65. The lowest BCUT2D eigenvalue weighted by atomic mass is 10.2. The Kier molecular flexibility index (Phi) is 7.91. The predicted molar refractivity (Wildman–Crippen MR) is 143 cm³/mol. The van der Waals surface area contributed by atoms with Gasteiger partial charge < -0.3 is 10.1 Å². The Balaban J connectivity index is 1.39.